The standard InChI is InChI=1S/C28H30N6O2/c1-5-23(35)34-15-28(16-34)8-9-33(14-28)27-20(11-29)25(21-13-36-18(3)10-22(21)31-27)24-17(2)6-7-19-12-30-32(4)26(19)24/h5-7,12,18H,1,8-10,13-16H2,2-4H3/t18-/m1/s1. The third-order valence-corrected chi connectivity index (χ3v) is 8.11. The lowest BCUT2D eigenvalue weighted by Crippen LogP contribution is -2.59. The average molecular weight is 483 g/mol. The average Bonchev–Trinajstić information content (AvgIpc) is 3.46. The first kappa shape index (κ1) is 22.7. The van der Waals surface area contributed by atoms with Crippen molar-refractivity contribution in [1.82, 2.24) is 19.7 Å². The summed E-state index contributed by atoms with van der Waals surface area (Å²) in [5.74, 6) is 0.740. The molecule has 0 unspecified atom stereocenters. The molecule has 0 bridgehead atoms. The van der Waals surface area contributed by atoms with Gasteiger partial charge in [0.15, 0.2) is 0 Å². The van der Waals surface area contributed by atoms with Crippen LogP contribution >= 0.6 is 0 Å². The first-order valence-electron chi connectivity index (χ1n) is 12.5. The van der Waals surface area contributed by atoms with E-state index in [4.69, 9.17) is 9.72 Å². The van der Waals surface area contributed by atoms with Crippen LogP contribution in [0.5, 0.6) is 0 Å². The Kier molecular flexibility index (Phi) is 5.16. The summed E-state index contributed by atoms with van der Waals surface area (Å²) in [7, 11) is 1.95. The molecule has 0 radical (unpaired) electrons. The summed E-state index contributed by atoms with van der Waals surface area (Å²) in [6.07, 6.45) is 5.01. The zero-order valence-corrected chi connectivity index (χ0v) is 21.0. The van der Waals surface area contributed by atoms with Crippen molar-refractivity contribution in [3.05, 3.63) is 53.4 Å². The van der Waals surface area contributed by atoms with Gasteiger partial charge in [0.1, 0.15) is 17.5 Å². The van der Waals surface area contributed by atoms with Crippen LogP contribution in [0, 0.1) is 23.7 Å². The molecule has 36 heavy (non-hydrogen) atoms. The zero-order valence-electron chi connectivity index (χ0n) is 21.0. The summed E-state index contributed by atoms with van der Waals surface area (Å²) in [6, 6.07) is 6.72. The number of hydrogen-bond donors (Lipinski definition) is 0. The predicted octanol–water partition coefficient (Wildman–Crippen LogP) is 3.50. The van der Waals surface area contributed by atoms with Crippen LogP contribution in [0.3, 0.4) is 0 Å². The number of hydrogen-bond acceptors (Lipinski definition) is 6. The monoisotopic (exact) mass is 482 g/mol. The van der Waals surface area contributed by atoms with Gasteiger partial charge in [0.2, 0.25) is 5.91 Å². The van der Waals surface area contributed by atoms with E-state index in [0.29, 0.717) is 18.6 Å². The SMILES string of the molecule is C=CC(=O)N1CC2(CCN(c3nc4c(c(-c5c(C)ccc6cnn(C)c56)c3C#N)CO[C@H](C)C4)C2)C1. The van der Waals surface area contributed by atoms with Crippen LogP contribution in [0.1, 0.15) is 35.7 Å². The summed E-state index contributed by atoms with van der Waals surface area (Å²) in [4.78, 5) is 21.3. The molecule has 1 amide bonds. The Bertz CT molecular complexity index is 1460. The van der Waals surface area contributed by atoms with Crippen LogP contribution in [0.4, 0.5) is 5.82 Å². The number of fused-ring (bicyclic) bond motifs is 2. The van der Waals surface area contributed by atoms with E-state index >= 15 is 0 Å². The van der Waals surface area contributed by atoms with Crippen LogP contribution in [-0.4, -0.2) is 57.9 Å². The maximum atomic E-state index is 12.0. The molecule has 3 aliphatic rings. The quantitative estimate of drug-likeness (QED) is 0.531. The second-order valence-electron chi connectivity index (χ2n) is 10.6. The van der Waals surface area contributed by atoms with Crippen LogP contribution in [0.15, 0.2) is 31.0 Å². The van der Waals surface area contributed by atoms with Gasteiger partial charge in [-0.15, -0.1) is 0 Å². The number of likely N-dealkylation sites (tertiary alicyclic amines) is 1. The highest BCUT2D eigenvalue weighted by Gasteiger charge is 2.49. The fourth-order valence-corrected chi connectivity index (χ4v) is 6.26. The molecule has 1 atom stereocenters. The van der Waals surface area contributed by atoms with Crippen LogP contribution in [0.2, 0.25) is 0 Å². The molecule has 3 aromatic rings. The molecule has 3 aliphatic heterocycles. The smallest absolute Gasteiger partial charge is 0.245 e. The second-order valence-corrected chi connectivity index (χ2v) is 10.6. The summed E-state index contributed by atoms with van der Waals surface area (Å²) < 4.78 is 7.96. The molecule has 2 saturated heterocycles. The minimum atomic E-state index is -0.0142. The molecule has 1 spiro atoms. The van der Waals surface area contributed by atoms with Crippen LogP contribution in [-0.2, 0) is 29.6 Å². The van der Waals surface area contributed by atoms with E-state index in [2.05, 4.69) is 48.6 Å². The number of aromatic nitrogens is 3. The molecule has 0 saturated carbocycles. The summed E-state index contributed by atoms with van der Waals surface area (Å²) in [5.41, 5.74) is 6.73. The van der Waals surface area contributed by atoms with Gasteiger partial charge in [0.05, 0.1) is 30.1 Å². The highest BCUT2D eigenvalue weighted by Crippen LogP contribution is 2.45. The van der Waals surface area contributed by atoms with E-state index in [1.165, 1.54) is 6.08 Å². The summed E-state index contributed by atoms with van der Waals surface area (Å²) >= 11 is 0. The first-order chi connectivity index (χ1) is 17.3. The van der Waals surface area contributed by atoms with E-state index in [-0.39, 0.29) is 17.4 Å². The fraction of sp³-hybridized carbons (Fsp3) is 0.429. The maximum Gasteiger partial charge on any atom is 0.245 e. The molecule has 184 valence electrons. The molecule has 0 N–H and O–H groups in total. The van der Waals surface area contributed by atoms with Crippen molar-refractivity contribution in [2.75, 3.05) is 31.1 Å². The Labute approximate surface area is 210 Å². The summed E-state index contributed by atoms with van der Waals surface area (Å²) in [5, 5.41) is 16.1. The van der Waals surface area contributed by atoms with Gasteiger partial charge in [0, 0.05) is 67.1 Å². The Morgan fingerprint density at radius 1 is 1.31 bits per heavy atom. The molecule has 2 fully saturated rings. The molecule has 1 aromatic carbocycles. The number of pyridine rings is 1. The number of carbonyl (C=O) groups is 1. The van der Waals surface area contributed by atoms with E-state index in [1.54, 1.807) is 0 Å². The van der Waals surface area contributed by atoms with Gasteiger partial charge in [-0.3, -0.25) is 9.48 Å². The Morgan fingerprint density at radius 3 is 2.86 bits per heavy atom. The fourth-order valence-electron chi connectivity index (χ4n) is 6.26. The zero-order chi connectivity index (χ0) is 25.2. The molecular weight excluding hydrogens is 452 g/mol. The van der Waals surface area contributed by atoms with Crippen molar-refractivity contribution in [2.24, 2.45) is 12.5 Å². The minimum absolute atomic E-state index is 0.0142. The van der Waals surface area contributed by atoms with Gasteiger partial charge in [0.25, 0.3) is 0 Å². The first-order valence-corrected chi connectivity index (χ1v) is 12.5. The number of aryl methyl sites for hydroxylation is 2. The second kappa shape index (κ2) is 8.17. The number of anilines is 1. The number of rotatable bonds is 3. The lowest BCUT2D eigenvalue weighted by molar-refractivity contribution is -0.136. The third-order valence-electron chi connectivity index (χ3n) is 8.11. The lowest BCUT2D eigenvalue weighted by atomic mass is 9.79. The molecule has 8 nitrogen and oxygen atoms in total. The molecule has 2 aromatic heterocycles. The lowest BCUT2D eigenvalue weighted by Gasteiger charge is -2.47. The van der Waals surface area contributed by atoms with Crippen molar-refractivity contribution in [3.8, 4) is 17.2 Å². The normalized spacial score (nSPS) is 20.3. The van der Waals surface area contributed by atoms with E-state index in [1.807, 2.05) is 22.8 Å². The van der Waals surface area contributed by atoms with Gasteiger partial charge < -0.3 is 14.5 Å². The maximum absolute atomic E-state index is 12.0. The predicted molar refractivity (Wildman–Crippen MR) is 137 cm³/mol. The Morgan fingerprint density at radius 2 is 2.11 bits per heavy atom. The molecular formula is C28H30N6O2. The number of nitriles is 1. The third kappa shape index (κ3) is 3.34. The van der Waals surface area contributed by atoms with E-state index in [9.17, 15) is 10.1 Å². The number of benzene rings is 1. The van der Waals surface area contributed by atoms with Gasteiger partial charge in [-0.05, 0) is 31.9 Å². The number of nitrogens with zero attached hydrogens (tertiary/aromatic N) is 6. The number of carbonyl (C=O) groups excluding carboxylic acids is 1. The van der Waals surface area contributed by atoms with Crippen molar-refractivity contribution in [3.63, 3.8) is 0 Å². The van der Waals surface area contributed by atoms with Crippen molar-refractivity contribution in [1.29, 1.82) is 5.26 Å². The summed E-state index contributed by atoms with van der Waals surface area (Å²) in [6.45, 7) is 11.3. The van der Waals surface area contributed by atoms with E-state index < -0.39 is 0 Å². The minimum Gasteiger partial charge on any atom is -0.373 e. The topological polar surface area (TPSA) is 87.3 Å². The van der Waals surface area contributed by atoms with Gasteiger partial charge in [-0.25, -0.2) is 4.98 Å². The molecule has 0 aliphatic carbocycles. The highest BCUT2D eigenvalue weighted by molar-refractivity contribution is 5.99. The van der Waals surface area contributed by atoms with Crippen LogP contribution < -0.4 is 4.90 Å². The molecule has 6 rings (SSSR count). The highest BCUT2D eigenvalue weighted by atomic mass is 16.5. The Balaban J connectivity index is 1.51. The Hall–Kier alpha value is -3.70. The van der Waals surface area contributed by atoms with Crippen molar-refractivity contribution >= 4 is 22.6 Å². The van der Waals surface area contributed by atoms with Gasteiger partial charge >= 0.3 is 0 Å². The van der Waals surface area contributed by atoms with E-state index in [0.717, 1.165) is 77.3 Å². The van der Waals surface area contributed by atoms with Gasteiger partial charge in [-0.2, -0.15) is 10.4 Å². The van der Waals surface area contributed by atoms with Crippen molar-refractivity contribution in [2.45, 2.75) is 39.4 Å². The largest absolute Gasteiger partial charge is 0.373 e. The number of ether oxygens (including phenoxy) is 1. The van der Waals surface area contributed by atoms with Gasteiger partial charge in [-0.1, -0.05) is 18.7 Å². The molecule has 5 heterocycles. The molecule has 8 heteroatoms. The van der Waals surface area contributed by atoms with Crippen LogP contribution in [0.25, 0.3) is 22.0 Å². The van der Waals surface area contributed by atoms with Crippen molar-refractivity contribution < 1.29 is 9.53 Å². The number of amides is 1.